The summed E-state index contributed by atoms with van der Waals surface area (Å²) in [6, 6.07) is 73.1. The zero-order chi connectivity index (χ0) is 37.7. The van der Waals surface area contributed by atoms with E-state index >= 15 is 0 Å². The third kappa shape index (κ3) is 5.74. The lowest BCUT2D eigenvalue weighted by Crippen LogP contribution is -2.04. The Kier molecular flexibility index (Phi) is 7.78. The topological polar surface area (TPSA) is 43.6 Å². The Morgan fingerprint density at radius 2 is 0.596 bits per heavy atom. The first kappa shape index (κ1) is 32.7. The van der Waals surface area contributed by atoms with Gasteiger partial charge in [-0.25, -0.2) is 15.0 Å². The molecule has 0 unspecified atom stereocenters. The molecule has 0 N–H and O–H groups in total. The first-order valence-corrected chi connectivity index (χ1v) is 19.3. The molecule has 11 aromatic rings. The molecule has 11 rings (SSSR count). The minimum Gasteiger partial charge on any atom is -0.308 e. The maximum atomic E-state index is 5.20. The van der Waals surface area contributed by atoms with Crippen LogP contribution in [0.2, 0.25) is 0 Å². The summed E-state index contributed by atoms with van der Waals surface area (Å²) in [5, 5.41) is 7.27. The fraction of sp³-hybridized carbons (Fsp3) is 0. The van der Waals surface area contributed by atoms with Crippen LogP contribution in [0, 0.1) is 0 Å². The Morgan fingerprint density at radius 1 is 0.281 bits per heavy atom. The molecule has 2 heterocycles. The molecule has 0 aliphatic heterocycles. The zero-order valence-corrected chi connectivity index (χ0v) is 30.9. The zero-order valence-electron chi connectivity index (χ0n) is 30.9. The summed E-state index contributed by atoms with van der Waals surface area (Å²) >= 11 is 0. The van der Waals surface area contributed by atoms with Crippen LogP contribution in [0.5, 0.6) is 0 Å². The van der Waals surface area contributed by atoms with Crippen molar-refractivity contribution in [3.63, 3.8) is 0 Å². The van der Waals surface area contributed by atoms with Gasteiger partial charge in [0.2, 0.25) is 0 Å². The van der Waals surface area contributed by atoms with Gasteiger partial charge in [0.1, 0.15) is 0 Å². The minimum atomic E-state index is 0.614. The molecular weight excluding hydrogens is 693 g/mol. The number of hydrogen-bond donors (Lipinski definition) is 0. The van der Waals surface area contributed by atoms with Crippen LogP contribution >= 0.6 is 0 Å². The van der Waals surface area contributed by atoms with Crippen molar-refractivity contribution in [3.8, 4) is 62.1 Å². The monoisotopic (exact) mass is 726 g/mol. The number of fused-ring (bicyclic) bond motifs is 5. The molecule has 9 aromatic carbocycles. The molecule has 0 bridgehead atoms. The second-order valence-corrected chi connectivity index (χ2v) is 14.5. The molecule has 2 aromatic heterocycles. The van der Waals surface area contributed by atoms with E-state index in [4.69, 9.17) is 15.0 Å². The highest BCUT2D eigenvalue weighted by molar-refractivity contribution is 6.17. The van der Waals surface area contributed by atoms with Crippen molar-refractivity contribution in [3.05, 3.63) is 206 Å². The summed E-state index contributed by atoms with van der Waals surface area (Å²) in [7, 11) is 0. The lowest BCUT2D eigenvalue weighted by molar-refractivity contribution is 1.07. The Balaban J connectivity index is 1.28. The van der Waals surface area contributed by atoms with Gasteiger partial charge >= 0.3 is 0 Å². The number of hydrogen-bond acceptors (Lipinski definition) is 3. The lowest BCUT2D eigenvalue weighted by atomic mass is 9.92. The standard InChI is InChI=1S/C53H34N4/c1-5-17-35(18-6-1)44-31-43(53-55-51(37-21-9-3-10-22-37)54-52(56-53)38-23-11-4-12-24-38)32-45(36-19-7-2-8-20-36)50(44)57-48-33-41-27-15-13-25-39(41)29-46(48)47-30-40-26-14-16-28-42(40)34-49(47)57/h1-34H. The van der Waals surface area contributed by atoms with Crippen LogP contribution in [0.15, 0.2) is 206 Å². The van der Waals surface area contributed by atoms with Crippen LogP contribution in [-0.2, 0) is 0 Å². The third-order valence-electron chi connectivity index (χ3n) is 11.0. The average molecular weight is 727 g/mol. The number of aromatic nitrogens is 4. The van der Waals surface area contributed by atoms with E-state index in [0.29, 0.717) is 17.5 Å². The van der Waals surface area contributed by atoms with Gasteiger partial charge in [-0.3, -0.25) is 0 Å². The van der Waals surface area contributed by atoms with Crippen molar-refractivity contribution in [2.45, 2.75) is 0 Å². The second-order valence-electron chi connectivity index (χ2n) is 14.5. The maximum absolute atomic E-state index is 5.20. The van der Waals surface area contributed by atoms with Gasteiger partial charge in [-0.1, -0.05) is 170 Å². The third-order valence-corrected chi connectivity index (χ3v) is 11.0. The van der Waals surface area contributed by atoms with Gasteiger partial charge in [-0.15, -0.1) is 0 Å². The molecule has 0 aliphatic carbocycles. The fourth-order valence-electron chi connectivity index (χ4n) is 8.25. The molecule has 0 atom stereocenters. The predicted octanol–water partition coefficient (Wildman–Crippen LogP) is 13.6. The molecule has 266 valence electrons. The van der Waals surface area contributed by atoms with Crippen molar-refractivity contribution in [2.24, 2.45) is 0 Å². The number of rotatable bonds is 6. The van der Waals surface area contributed by atoms with E-state index < -0.39 is 0 Å². The maximum Gasteiger partial charge on any atom is 0.164 e. The van der Waals surface area contributed by atoms with Crippen molar-refractivity contribution in [1.29, 1.82) is 0 Å². The number of nitrogens with zero attached hydrogens (tertiary/aromatic N) is 4. The lowest BCUT2D eigenvalue weighted by Gasteiger charge is -2.21. The highest BCUT2D eigenvalue weighted by Crippen LogP contribution is 2.45. The smallest absolute Gasteiger partial charge is 0.164 e. The Labute approximate surface area is 330 Å². The normalized spacial score (nSPS) is 11.5. The van der Waals surface area contributed by atoms with Crippen LogP contribution in [0.1, 0.15) is 0 Å². The molecule has 0 saturated heterocycles. The second kappa shape index (κ2) is 13.6. The van der Waals surface area contributed by atoms with Crippen LogP contribution in [0.25, 0.3) is 105 Å². The van der Waals surface area contributed by atoms with Gasteiger partial charge in [0.15, 0.2) is 17.5 Å². The van der Waals surface area contributed by atoms with Crippen molar-refractivity contribution < 1.29 is 0 Å². The Hall–Kier alpha value is -7.69. The SMILES string of the molecule is c1ccc(-c2nc(-c3ccccc3)nc(-c3cc(-c4ccccc4)c(-n4c5cc6ccccc6cc5c5cc6ccccc6cc54)c(-c4ccccc4)c3)n2)cc1. The molecule has 57 heavy (non-hydrogen) atoms. The van der Waals surface area contributed by atoms with Crippen LogP contribution in [0.3, 0.4) is 0 Å². The number of benzene rings is 9. The van der Waals surface area contributed by atoms with Gasteiger partial charge in [-0.05, 0) is 69.1 Å². The Bertz CT molecular complexity index is 3050. The highest BCUT2D eigenvalue weighted by atomic mass is 15.0. The van der Waals surface area contributed by atoms with Gasteiger partial charge in [-0.2, -0.15) is 0 Å². The molecule has 4 nitrogen and oxygen atoms in total. The van der Waals surface area contributed by atoms with E-state index in [1.807, 2.05) is 36.4 Å². The van der Waals surface area contributed by atoms with Gasteiger partial charge < -0.3 is 4.57 Å². The van der Waals surface area contributed by atoms with E-state index in [9.17, 15) is 0 Å². The first-order valence-electron chi connectivity index (χ1n) is 19.3. The fourth-order valence-corrected chi connectivity index (χ4v) is 8.25. The summed E-state index contributed by atoms with van der Waals surface area (Å²) < 4.78 is 2.50. The van der Waals surface area contributed by atoms with E-state index in [0.717, 1.165) is 55.7 Å². The quantitative estimate of drug-likeness (QED) is 0.171. The van der Waals surface area contributed by atoms with Crippen LogP contribution < -0.4 is 0 Å². The predicted molar refractivity (Wildman–Crippen MR) is 236 cm³/mol. The Morgan fingerprint density at radius 3 is 0.982 bits per heavy atom. The molecule has 4 heteroatoms. The average Bonchev–Trinajstić information content (AvgIpc) is 3.59. The minimum absolute atomic E-state index is 0.614. The van der Waals surface area contributed by atoms with Crippen LogP contribution in [-0.4, -0.2) is 19.5 Å². The summed E-state index contributed by atoms with van der Waals surface area (Å²) in [6.07, 6.45) is 0. The van der Waals surface area contributed by atoms with Gasteiger partial charge in [0, 0.05) is 38.6 Å². The van der Waals surface area contributed by atoms with Gasteiger partial charge in [0.25, 0.3) is 0 Å². The van der Waals surface area contributed by atoms with E-state index in [1.54, 1.807) is 0 Å². The van der Waals surface area contributed by atoms with Crippen LogP contribution in [0.4, 0.5) is 0 Å². The summed E-state index contributed by atoms with van der Waals surface area (Å²) in [5.74, 6) is 1.88. The summed E-state index contributed by atoms with van der Waals surface area (Å²) in [5.41, 5.74) is 10.5. The van der Waals surface area contributed by atoms with E-state index in [1.165, 1.54) is 32.3 Å². The molecular formula is C53H34N4. The molecule has 0 saturated carbocycles. The molecule has 0 aliphatic rings. The molecule has 0 radical (unpaired) electrons. The summed E-state index contributed by atoms with van der Waals surface area (Å²) in [6.45, 7) is 0. The molecule has 0 amide bonds. The largest absolute Gasteiger partial charge is 0.308 e. The van der Waals surface area contributed by atoms with Crippen molar-refractivity contribution in [2.75, 3.05) is 0 Å². The molecule has 0 spiro atoms. The molecule has 0 fully saturated rings. The van der Waals surface area contributed by atoms with Crippen molar-refractivity contribution >= 4 is 43.4 Å². The first-order chi connectivity index (χ1) is 28.2. The van der Waals surface area contributed by atoms with E-state index in [-0.39, 0.29) is 0 Å². The van der Waals surface area contributed by atoms with Gasteiger partial charge in [0.05, 0.1) is 16.7 Å². The van der Waals surface area contributed by atoms with E-state index in [2.05, 4.69) is 174 Å². The highest BCUT2D eigenvalue weighted by Gasteiger charge is 2.24. The van der Waals surface area contributed by atoms with Crippen molar-refractivity contribution in [1.82, 2.24) is 19.5 Å². The summed E-state index contributed by atoms with van der Waals surface area (Å²) in [4.78, 5) is 15.4.